The molecule has 0 unspecified atom stereocenters. The van der Waals surface area contributed by atoms with Gasteiger partial charge in [0, 0.05) is 0 Å². The Balaban J connectivity index is 2.36. The van der Waals surface area contributed by atoms with Crippen molar-refractivity contribution in [1.82, 2.24) is 0 Å². The molecule has 0 bridgehead atoms. The van der Waals surface area contributed by atoms with Crippen LogP contribution in [0.25, 0.3) is 0 Å². The van der Waals surface area contributed by atoms with Crippen LogP contribution in [0.1, 0.15) is 33.3 Å². The van der Waals surface area contributed by atoms with Gasteiger partial charge in [0.1, 0.15) is 0 Å². The fourth-order valence-corrected chi connectivity index (χ4v) is 3.55. The maximum absolute atomic E-state index is 12.3. The molecule has 1 aromatic carbocycles. The molecule has 7 heteroatoms. The van der Waals surface area contributed by atoms with E-state index >= 15 is 0 Å². The van der Waals surface area contributed by atoms with Gasteiger partial charge in [-0.25, -0.2) is 0 Å². The second-order valence-corrected chi connectivity index (χ2v) is 8.05. The summed E-state index contributed by atoms with van der Waals surface area (Å²) in [4.78, 5) is 15.6. The number of benzene rings is 1. The van der Waals surface area contributed by atoms with Crippen molar-refractivity contribution in [3.63, 3.8) is 0 Å². The number of hydrogen-bond donors (Lipinski definition) is 1. The van der Waals surface area contributed by atoms with Gasteiger partial charge in [-0.1, -0.05) is 0 Å². The third-order valence-corrected chi connectivity index (χ3v) is 5.01. The number of anilines is 2. The molecule has 0 aliphatic carbocycles. The molecule has 0 spiro atoms. The van der Waals surface area contributed by atoms with E-state index in [4.69, 9.17) is 10.1 Å². The molecule has 0 saturated carbocycles. The molecule has 1 heterocycles. The van der Waals surface area contributed by atoms with Crippen molar-refractivity contribution in [3.8, 4) is 0 Å². The molecular formula is C17H23CoN3O2S. The quantitative estimate of drug-likeness (QED) is 0.851. The zero-order chi connectivity index (χ0) is 18.1. The number of nitrogens with one attached hydrogen (secondary N) is 1. The van der Waals surface area contributed by atoms with Gasteiger partial charge in [0.25, 0.3) is 0 Å². The van der Waals surface area contributed by atoms with Crippen LogP contribution in [0.5, 0.6) is 0 Å². The number of carbonyl (C=O) groups excluding carboxylic acids is 1. The summed E-state index contributed by atoms with van der Waals surface area (Å²) in [5, 5.41) is 8.59. The summed E-state index contributed by atoms with van der Waals surface area (Å²) in [6, 6.07) is 5.80. The molecule has 0 radical (unpaired) electrons. The van der Waals surface area contributed by atoms with Crippen molar-refractivity contribution in [2.24, 2.45) is 0 Å². The van der Waals surface area contributed by atoms with Crippen molar-refractivity contribution in [2.45, 2.75) is 39.7 Å². The first-order valence-electron chi connectivity index (χ1n) is 7.74. The molecule has 1 N–H and O–H groups in total. The molecule has 1 amide bonds. The topological polar surface area (TPSA) is 56.6 Å². The molecule has 0 atom stereocenters. The Bertz CT molecular complexity index is 669. The first-order chi connectivity index (χ1) is 11.1. The number of aryl methyl sites for hydroxylation is 1. The standard InChI is InChI=1S/C17H23N3O2S.Co/c1-6-12-7-8-13(19(5)16(21)22-17(2,3)4)11-14(12)20-9-10-23-15(20)18;/h7-8,11,18H,6,10H2,1-5H3;. The van der Waals surface area contributed by atoms with Crippen LogP contribution in [0.3, 0.4) is 0 Å². The summed E-state index contributed by atoms with van der Waals surface area (Å²) >= 11 is 6.00. The predicted molar refractivity (Wildman–Crippen MR) is 98.1 cm³/mol. The van der Waals surface area contributed by atoms with Crippen LogP contribution in [0.2, 0.25) is 0 Å². The second-order valence-electron chi connectivity index (χ2n) is 6.49. The van der Waals surface area contributed by atoms with Gasteiger partial charge in [-0.05, 0) is 0 Å². The van der Waals surface area contributed by atoms with Crippen LogP contribution in [-0.4, -0.2) is 34.2 Å². The Morgan fingerprint density at radius 1 is 1.46 bits per heavy atom. The number of nitrogens with zero attached hydrogens (tertiary/aromatic N) is 2. The Labute approximate surface area is 155 Å². The summed E-state index contributed by atoms with van der Waals surface area (Å²) in [5.74, 6) is 0.689. The summed E-state index contributed by atoms with van der Waals surface area (Å²) < 4.78 is 6.25. The summed E-state index contributed by atoms with van der Waals surface area (Å²) in [6.45, 7) is 7.60. The van der Waals surface area contributed by atoms with E-state index in [2.05, 4.69) is 22.2 Å². The van der Waals surface area contributed by atoms with Crippen LogP contribution in [0.15, 0.2) is 18.2 Å². The molecule has 133 valence electrons. The molecule has 1 aliphatic heterocycles. The SMILES string of the molecule is CCc1ccc(N(C)C(=O)OC(C)(C)C)cc1N1C(=N)SC[C]1=[Co]. The number of amidine groups is 1. The summed E-state index contributed by atoms with van der Waals surface area (Å²) in [7, 11) is 1.69. The van der Waals surface area contributed by atoms with E-state index in [1.165, 1.54) is 16.7 Å². The van der Waals surface area contributed by atoms with Crippen LogP contribution in [-0.2, 0) is 26.5 Å². The Morgan fingerprint density at radius 3 is 2.62 bits per heavy atom. The molecule has 0 aromatic heterocycles. The minimum absolute atomic E-state index is 0.404. The number of ether oxygens (including phenoxy) is 1. The van der Waals surface area contributed by atoms with Gasteiger partial charge in [-0.2, -0.15) is 0 Å². The molecule has 1 aromatic rings. The van der Waals surface area contributed by atoms with Crippen LogP contribution in [0, 0.1) is 5.41 Å². The van der Waals surface area contributed by atoms with Crippen molar-refractivity contribution in [2.75, 3.05) is 22.6 Å². The van der Waals surface area contributed by atoms with E-state index in [1.54, 1.807) is 7.05 Å². The third kappa shape index (κ3) is 4.20. The van der Waals surface area contributed by atoms with Gasteiger partial charge in [0.2, 0.25) is 0 Å². The summed E-state index contributed by atoms with van der Waals surface area (Å²) in [5.41, 5.74) is 2.18. The van der Waals surface area contributed by atoms with Gasteiger partial charge >= 0.3 is 155 Å². The van der Waals surface area contributed by atoms with E-state index < -0.39 is 11.7 Å². The third-order valence-electron chi connectivity index (χ3n) is 3.50. The van der Waals surface area contributed by atoms with Crippen molar-refractivity contribution < 1.29 is 24.8 Å². The normalized spacial score (nSPS) is 15.0. The second kappa shape index (κ2) is 7.29. The fourth-order valence-electron chi connectivity index (χ4n) is 2.30. The number of thioether (sulfide) groups is 1. The molecule has 5 nitrogen and oxygen atoms in total. The van der Waals surface area contributed by atoms with E-state index in [-0.39, 0.29) is 0 Å². The van der Waals surface area contributed by atoms with Crippen molar-refractivity contribution in [1.29, 1.82) is 5.41 Å². The molecule has 2 rings (SSSR count). The Hall–Kier alpha value is -1.31. The first kappa shape index (κ1) is 19.0. The van der Waals surface area contributed by atoms with E-state index in [0.717, 1.165) is 27.9 Å². The van der Waals surface area contributed by atoms with Gasteiger partial charge < -0.3 is 0 Å². The van der Waals surface area contributed by atoms with Gasteiger partial charge in [-0.3, -0.25) is 0 Å². The van der Waals surface area contributed by atoms with Crippen LogP contribution < -0.4 is 9.80 Å². The van der Waals surface area contributed by atoms with Crippen molar-refractivity contribution in [3.05, 3.63) is 23.8 Å². The predicted octanol–water partition coefficient (Wildman–Crippen LogP) is 3.78. The zero-order valence-electron chi connectivity index (χ0n) is 14.6. The van der Waals surface area contributed by atoms with Crippen molar-refractivity contribution >= 4 is 39.0 Å². The average Bonchev–Trinajstić information content (AvgIpc) is 2.83. The van der Waals surface area contributed by atoms with Gasteiger partial charge in [0.05, 0.1) is 0 Å². The molecule has 1 saturated heterocycles. The van der Waals surface area contributed by atoms with Gasteiger partial charge in [0.15, 0.2) is 0 Å². The average molecular weight is 392 g/mol. The van der Waals surface area contributed by atoms with E-state index in [9.17, 15) is 4.79 Å². The fraction of sp³-hybridized carbons (Fsp3) is 0.471. The van der Waals surface area contributed by atoms with E-state index in [1.807, 2.05) is 43.9 Å². The maximum atomic E-state index is 12.3. The number of hydrogen-bond acceptors (Lipinski definition) is 4. The van der Waals surface area contributed by atoms with E-state index in [0.29, 0.717) is 10.9 Å². The molecule has 24 heavy (non-hydrogen) atoms. The molecular weight excluding hydrogens is 369 g/mol. The number of amides is 1. The molecule has 1 aliphatic rings. The summed E-state index contributed by atoms with van der Waals surface area (Å²) in [6.07, 6.45) is 0.429. The van der Waals surface area contributed by atoms with Crippen LogP contribution in [0.4, 0.5) is 16.2 Å². The minimum atomic E-state index is -0.545. The monoisotopic (exact) mass is 392 g/mol. The van der Waals surface area contributed by atoms with Crippen LogP contribution >= 0.6 is 11.8 Å². The van der Waals surface area contributed by atoms with Gasteiger partial charge in [-0.15, -0.1) is 0 Å². The molecule has 1 fully saturated rings. The zero-order valence-corrected chi connectivity index (χ0v) is 16.5. The Morgan fingerprint density at radius 2 is 2.12 bits per heavy atom. The number of rotatable bonds is 3. The Kier molecular flexibility index (Phi) is 5.77. The first-order valence-corrected chi connectivity index (χ1v) is 9.25. The number of carbonyl (C=O) groups is 1.